The van der Waals surface area contributed by atoms with Crippen LogP contribution in [0, 0.1) is 0 Å². The molecule has 0 bridgehead atoms. The lowest BCUT2D eigenvalue weighted by molar-refractivity contribution is 0.312. The van der Waals surface area contributed by atoms with E-state index in [2.05, 4.69) is 25.3 Å². The van der Waals surface area contributed by atoms with Crippen LogP contribution in [0.5, 0.6) is 6.01 Å². The van der Waals surface area contributed by atoms with E-state index < -0.39 is 0 Å². The Kier molecular flexibility index (Phi) is 4.01. The normalized spacial score (nSPS) is 10.1. The highest BCUT2D eigenvalue weighted by Gasteiger charge is 2.03. The molecular formula is C12H15N5O. The molecule has 0 saturated heterocycles. The maximum absolute atomic E-state index is 5.19. The Bertz CT molecular complexity index is 500. The second-order valence-electron chi connectivity index (χ2n) is 3.51. The van der Waals surface area contributed by atoms with Gasteiger partial charge in [0.1, 0.15) is 12.1 Å². The summed E-state index contributed by atoms with van der Waals surface area (Å²) in [6.45, 7) is 5.28. The molecule has 6 nitrogen and oxygen atoms in total. The van der Waals surface area contributed by atoms with Gasteiger partial charge in [-0.15, -0.1) is 0 Å². The van der Waals surface area contributed by atoms with Crippen molar-refractivity contribution in [3.8, 4) is 17.3 Å². The number of nitrogens with zero attached hydrogens (tertiary/aromatic N) is 4. The van der Waals surface area contributed by atoms with E-state index in [0.29, 0.717) is 12.6 Å². The second-order valence-corrected chi connectivity index (χ2v) is 3.51. The highest BCUT2D eigenvalue weighted by atomic mass is 16.5. The first-order valence-electron chi connectivity index (χ1n) is 5.84. The van der Waals surface area contributed by atoms with Crippen molar-refractivity contribution in [2.45, 2.75) is 13.8 Å². The molecule has 18 heavy (non-hydrogen) atoms. The Morgan fingerprint density at radius 2 is 1.89 bits per heavy atom. The quantitative estimate of drug-likeness (QED) is 0.865. The van der Waals surface area contributed by atoms with Gasteiger partial charge < -0.3 is 10.1 Å². The largest absolute Gasteiger partial charge is 0.464 e. The molecule has 0 unspecified atom stereocenters. The molecule has 1 N–H and O–H groups in total. The van der Waals surface area contributed by atoms with Gasteiger partial charge >= 0.3 is 6.01 Å². The maximum Gasteiger partial charge on any atom is 0.316 e. The Morgan fingerprint density at radius 1 is 1.11 bits per heavy atom. The van der Waals surface area contributed by atoms with Gasteiger partial charge in [-0.3, -0.25) is 0 Å². The summed E-state index contributed by atoms with van der Waals surface area (Å²) in [6.07, 6.45) is 4.90. The van der Waals surface area contributed by atoms with Gasteiger partial charge in [0.05, 0.1) is 12.3 Å². The van der Waals surface area contributed by atoms with Crippen LogP contribution in [0.3, 0.4) is 0 Å². The van der Waals surface area contributed by atoms with Gasteiger partial charge in [0.2, 0.25) is 0 Å². The van der Waals surface area contributed by atoms with Crippen LogP contribution >= 0.6 is 0 Å². The van der Waals surface area contributed by atoms with Crippen molar-refractivity contribution in [1.82, 2.24) is 19.9 Å². The number of nitrogens with one attached hydrogen (secondary N) is 1. The fourth-order valence-electron chi connectivity index (χ4n) is 1.45. The first-order chi connectivity index (χ1) is 8.83. The Morgan fingerprint density at radius 3 is 2.56 bits per heavy atom. The van der Waals surface area contributed by atoms with Crippen molar-refractivity contribution >= 4 is 5.82 Å². The predicted octanol–water partition coefficient (Wildman–Crippen LogP) is 1.76. The predicted molar refractivity (Wildman–Crippen MR) is 68.4 cm³/mol. The Hall–Kier alpha value is -2.24. The van der Waals surface area contributed by atoms with E-state index in [0.717, 1.165) is 23.6 Å². The lowest BCUT2D eigenvalue weighted by Crippen LogP contribution is -2.00. The summed E-state index contributed by atoms with van der Waals surface area (Å²) < 4.78 is 5.19. The molecule has 0 fully saturated rings. The summed E-state index contributed by atoms with van der Waals surface area (Å²) in [5.74, 6) is 0.788. The molecule has 0 aliphatic rings. The number of rotatable bonds is 5. The van der Waals surface area contributed by atoms with E-state index >= 15 is 0 Å². The minimum absolute atomic E-state index is 0.377. The summed E-state index contributed by atoms with van der Waals surface area (Å²) in [6, 6.07) is 2.24. The fraction of sp³-hybridized carbons (Fsp3) is 0.333. The maximum atomic E-state index is 5.19. The molecule has 2 rings (SSSR count). The Labute approximate surface area is 105 Å². The van der Waals surface area contributed by atoms with Crippen LogP contribution in [0.2, 0.25) is 0 Å². The van der Waals surface area contributed by atoms with E-state index in [9.17, 15) is 0 Å². The first-order valence-corrected chi connectivity index (χ1v) is 5.84. The molecule has 2 aromatic rings. The fourth-order valence-corrected chi connectivity index (χ4v) is 1.45. The minimum atomic E-state index is 0.377. The molecular weight excluding hydrogens is 230 g/mol. The minimum Gasteiger partial charge on any atom is -0.464 e. The SMILES string of the molecule is CCNc1cc(-c2cnc(OCC)nc2)ncn1. The zero-order valence-electron chi connectivity index (χ0n) is 10.4. The van der Waals surface area contributed by atoms with Crippen molar-refractivity contribution in [2.24, 2.45) is 0 Å². The molecule has 6 heteroatoms. The van der Waals surface area contributed by atoms with Crippen LogP contribution in [-0.4, -0.2) is 33.1 Å². The third-order valence-electron chi connectivity index (χ3n) is 2.22. The zero-order valence-corrected chi connectivity index (χ0v) is 10.4. The molecule has 0 aromatic carbocycles. The number of aromatic nitrogens is 4. The van der Waals surface area contributed by atoms with Crippen molar-refractivity contribution in [3.63, 3.8) is 0 Å². The second kappa shape index (κ2) is 5.90. The summed E-state index contributed by atoms with van der Waals surface area (Å²) >= 11 is 0. The van der Waals surface area contributed by atoms with Crippen LogP contribution in [0.1, 0.15) is 13.8 Å². The summed E-state index contributed by atoms with van der Waals surface area (Å²) in [5, 5.41) is 3.13. The van der Waals surface area contributed by atoms with Crippen LogP contribution in [0.15, 0.2) is 24.8 Å². The molecule has 0 radical (unpaired) electrons. The molecule has 2 heterocycles. The van der Waals surface area contributed by atoms with Gasteiger partial charge in [-0.2, -0.15) is 0 Å². The summed E-state index contributed by atoms with van der Waals surface area (Å²) in [4.78, 5) is 16.5. The van der Waals surface area contributed by atoms with E-state index in [1.165, 1.54) is 6.33 Å². The van der Waals surface area contributed by atoms with E-state index in [-0.39, 0.29) is 0 Å². The molecule has 0 aliphatic carbocycles. The van der Waals surface area contributed by atoms with E-state index in [4.69, 9.17) is 4.74 Å². The molecule has 0 saturated carbocycles. The molecule has 2 aromatic heterocycles. The van der Waals surface area contributed by atoms with Gasteiger partial charge in [0, 0.05) is 30.6 Å². The van der Waals surface area contributed by atoms with Gasteiger partial charge in [-0.25, -0.2) is 19.9 Å². The topological polar surface area (TPSA) is 72.8 Å². The number of anilines is 1. The van der Waals surface area contributed by atoms with Crippen LogP contribution in [0.4, 0.5) is 5.82 Å². The number of ether oxygens (including phenoxy) is 1. The molecule has 0 amide bonds. The van der Waals surface area contributed by atoms with Gasteiger partial charge in [-0.1, -0.05) is 0 Å². The third-order valence-corrected chi connectivity index (χ3v) is 2.22. The highest BCUT2D eigenvalue weighted by molar-refractivity contribution is 5.60. The van der Waals surface area contributed by atoms with Gasteiger partial charge in [-0.05, 0) is 13.8 Å². The van der Waals surface area contributed by atoms with Crippen LogP contribution in [-0.2, 0) is 0 Å². The van der Waals surface area contributed by atoms with Crippen LogP contribution in [0.25, 0.3) is 11.3 Å². The van der Waals surface area contributed by atoms with E-state index in [1.807, 2.05) is 19.9 Å². The first kappa shape index (κ1) is 12.2. The van der Waals surface area contributed by atoms with Crippen molar-refractivity contribution < 1.29 is 4.74 Å². The van der Waals surface area contributed by atoms with Crippen molar-refractivity contribution in [3.05, 3.63) is 24.8 Å². The monoisotopic (exact) mass is 245 g/mol. The average Bonchev–Trinajstić information content (AvgIpc) is 2.41. The lowest BCUT2D eigenvalue weighted by Gasteiger charge is -2.05. The Balaban J connectivity index is 2.22. The third kappa shape index (κ3) is 2.91. The lowest BCUT2D eigenvalue weighted by atomic mass is 10.2. The number of hydrogen-bond acceptors (Lipinski definition) is 6. The zero-order chi connectivity index (χ0) is 12.8. The van der Waals surface area contributed by atoms with E-state index in [1.54, 1.807) is 12.4 Å². The molecule has 0 atom stereocenters. The molecule has 0 spiro atoms. The van der Waals surface area contributed by atoms with Crippen molar-refractivity contribution in [1.29, 1.82) is 0 Å². The highest BCUT2D eigenvalue weighted by Crippen LogP contribution is 2.17. The molecule has 0 aliphatic heterocycles. The summed E-state index contributed by atoms with van der Waals surface area (Å²) in [5.41, 5.74) is 1.61. The van der Waals surface area contributed by atoms with Gasteiger partial charge in [0.25, 0.3) is 0 Å². The average molecular weight is 245 g/mol. The van der Waals surface area contributed by atoms with Crippen molar-refractivity contribution in [2.75, 3.05) is 18.5 Å². The summed E-state index contributed by atoms with van der Waals surface area (Å²) in [7, 11) is 0. The smallest absolute Gasteiger partial charge is 0.316 e. The number of hydrogen-bond donors (Lipinski definition) is 1. The van der Waals surface area contributed by atoms with Crippen LogP contribution < -0.4 is 10.1 Å². The standard InChI is InChI=1S/C12H15N5O/c1-3-13-11-5-10(16-8-17-11)9-6-14-12(15-7-9)18-4-2/h5-8H,3-4H2,1-2H3,(H,13,16,17). The molecule has 94 valence electrons. The van der Waals surface area contributed by atoms with Gasteiger partial charge in [0.15, 0.2) is 0 Å².